The van der Waals surface area contributed by atoms with Crippen LogP contribution in [0.4, 0.5) is 21.6 Å². The number of hydrogen-bond acceptors (Lipinski definition) is 13. The number of benzene rings is 2. The first-order valence-electron chi connectivity index (χ1n) is 19.5. The molecule has 0 saturated heterocycles. The quantitative estimate of drug-likeness (QED) is 0.0706. The van der Waals surface area contributed by atoms with Gasteiger partial charge in [0.1, 0.15) is 11.4 Å². The molecule has 1 amide bonds. The van der Waals surface area contributed by atoms with Crippen LogP contribution in [-0.2, 0) is 27.4 Å². The lowest BCUT2D eigenvalue weighted by Crippen LogP contribution is -2.21. The normalized spacial score (nSPS) is 10.1. The van der Waals surface area contributed by atoms with Crippen molar-refractivity contribution in [1.82, 2.24) is 19.1 Å². The number of carboxylic acid groups (broad SMARTS) is 1. The largest absolute Gasteiger partial charge is 0.477 e. The van der Waals surface area contributed by atoms with E-state index in [1.165, 1.54) is 12.7 Å². The van der Waals surface area contributed by atoms with Gasteiger partial charge in [-0.1, -0.05) is 17.7 Å². The van der Waals surface area contributed by atoms with Gasteiger partial charge in [-0.05, 0) is 108 Å². The predicted molar refractivity (Wildman–Crippen MR) is 241 cm³/mol. The van der Waals surface area contributed by atoms with Crippen LogP contribution in [0.2, 0.25) is 0 Å². The molecule has 0 unspecified atom stereocenters. The number of esters is 1. The van der Waals surface area contributed by atoms with Crippen LogP contribution < -0.4 is 20.9 Å². The lowest BCUT2D eigenvalue weighted by molar-refractivity contribution is -0.191. The molecular formula is C44H54N8O7S2. The van der Waals surface area contributed by atoms with Crippen LogP contribution in [0.25, 0.3) is 0 Å². The third-order valence-electron chi connectivity index (χ3n) is 8.97. The van der Waals surface area contributed by atoms with Crippen molar-refractivity contribution in [2.24, 2.45) is 0 Å². The van der Waals surface area contributed by atoms with Gasteiger partial charge in [0.15, 0.2) is 10.3 Å². The Hall–Kier alpha value is -6.55. The number of nitrogens with two attached hydrogens (primary N) is 1. The molecule has 0 aliphatic heterocycles. The van der Waals surface area contributed by atoms with Crippen molar-refractivity contribution in [3.63, 3.8) is 0 Å². The van der Waals surface area contributed by atoms with Crippen LogP contribution in [-0.4, -0.2) is 81.5 Å². The number of aromatic carboxylic acids is 1. The van der Waals surface area contributed by atoms with E-state index in [1.807, 2.05) is 73.4 Å². The third-order valence-corrected chi connectivity index (χ3v) is 10.9. The molecule has 324 valence electrons. The van der Waals surface area contributed by atoms with Crippen molar-refractivity contribution in [2.45, 2.75) is 61.6 Å². The number of carbonyl (C=O) groups excluding carboxylic acids is 4. The Morgan fingerprint density at radius 1 is 0.738 bits per heavy atom. The molecule has 0 fully saturated rings. The van der Waals surface area contributed by atoms with Crippen LogP contribution in [0.1, 0.15) is 87.1 Å². The first kappa shape index (κ1) is 48.8. The van der Waals surface area contributed by atoms with Crippen molar-refractivity contribution in [1.29, 1.82) is 0 Å². The van der Waals surface area contributed by atoms with E-state index in [-0.39, 0.29) is 18.0 Å². The number of aryl methyl sites for hydroxylation is 3. The van der Waals surface area contributed by atoms with Crippen LogP contribution >= 0.6 is 22.7 Å². The zero-order valence-corrected chi connectivity index (χ0v) is 37.4. The molecule has 0 aliphatic carbocycles. The van der Waals surface area contributed by atoms with Crippen molar-refractivity contribution in [3.05, 3.63) is 129 Å². The van der Waals surface area contributed by atoms with Crippen molar-refractivity contribution in [3.8, 4) is 0 Å². The van der Waals surface area contributed by atoms with Crippen molar-refractivity contribution in [2.75, 3.05) is 54.1 Å². The minimum Gasteiger partial charge on any atom is -0.477 e. The molecule has 0 spiro atoms. The highest BCUT2D eigenvalue weighted by molar-refractivity contribution is 7.14. The second-order valence-corrected chi connectivity index (χ2v) is 15.1. The summed E-state index contributed by atoms with van der Waals surface area (Å²) in [5.41, 5.74) is 13.4. The number of nitrogens with one attached hydrogen (secondary N) is 1. The number of nitrogens with zero attached hydrogens (tertiary/aromatic N) is 6. The maximum absolute atomic E-state index is 12.8. The smallest absolute Gasteiger partial charge is 0.373 e. The fraction of sp³-hybridized carbons (Fsp3) is 0.318. The number of thiazole rings is 2. The molecule has 4 heterocycles. The first-order valence-corrected chi connectivity index (χ1v) is 21.2. The van der Waals surface area contributed by atoms with Gasteiger partial charge in [-0.3, -0.25) is 4.79 Å². The van der Waals surface area contributed by atoms with E-state index < -0.39 is 5.97 Å². The van der Waals surface area contributed by atoms with E-state index >= 15 is 0 Å². The van der Waals surface area contributed by atoms with E-state index in [2.05, 4.69) is 57.9 Å². The van der Waals surface area contributed by atoms with E-state index in [1.54, 1.807) is 57.6 Å². The number of rotatable bonds is 14. The molecule has 0 bridgehead atoms. The molecule has 17 heteroatoms. The number of nitrogen functional groups attached to an aromatic ring is 1. The van der Waals surface area contributed by atoms with Crippen LogP contribution in [0.5, 0.6) is 0 Å². The summed E-state index contributed by atoms with van der Waals surface area (Å²) in [5, 5.41) is 18.3. The number of hydrogen-bond donors (Lipinski definition) is 3. The fourth-order valence-electron chi connectivity index (χ4n) is 5.88. The van der Waals surface area contributed by atoms with E-state index in [4.69, 9.17) is 20.3 Å². The topological polar surface area (TPSA) is 195 Å². The Bertz CT molecular complexity index is 2330. The van der Waals surface area contributed by atoms with Gasteiger partial charge in [0, 0.05) is 60.7 Å². The highest BCUT2D eigenvalue weighted by Gasteiger charge is 2.16. The average molecular weight is 871 g/mol. The number of ether oxygens (including phenoxy) is 1. The highest BCUT2D eigenvalue weighted by Crippen LogP contribution is 2.23. The summed E-state index contributed by atoms with van der Waals surface area (Å²) in [7, 11) is 1.35. The Kier molecular flexibility index (Phi) is 19.6. The van der Waals surface area contributed by atoms with E-state index in [9.17, 15) is 19.5 Å². The van der Waals surface area contributed by atoms with Gasteiger partial charge in [-0.2, -0.15) is 9.59 Å². The maximum atomic E-state index is 12.8. The minimum absolute atomic E-state index is 0.105. The zero-order chi connectivity index (χ0) is 45.1. The molecule has 0 saturated carbocycles. The Morgan fingerprint density at radius 2 is 1.18 bits per heavy atom. The number of aromatic nitrogens is 4. The predicted octanol–water partition coefficient (Wildman–Crippen LogP) is 8.03. The van der Waals surface area contributed by atoms with Gasteiger partial charge >= 0.3 is 18.1 Å². The summed E-state index contributed by atoms with van der Waals surface area (Å²) in [6.07, 6.45) is 4.10. The SMILES string of the molecule is CCN(CC)c1nc(Cn2cc(C)cc2C(=O)Nc2ccc(C)cc2)cs1.CCN(CC)c1nc(Cn2cc(C)cc2C(=O)O)cs1.COC(=O)c1ccc(N)cc1.O=C=O. The molecule has 4 aromatic heterocycles. The number of amides is 1. The minimum atomic E-state index is -0.905. The molecular weight excluding hydrogens is 817 g/mol. The second kappa shape index (κ2) is 24.5. The zero-order valence-electron chi connectivity index (χ0n) is 35.8. The summed E-state index contributed by atoms with van der Waals surface area (Å²) in [6, 6.07) is 18.0. The fourth-order valence-corrected chi connectivity index (χ4v) is 7.77. The van der Waals surface area contributed by atoms with Crippen LogP contribution in [0.3, 0.4) is 0 Å². The molecule has 61 heavy (non-hydrogen) atoms. The van der Waals surface area contributed by atoms with Gasteiger partial charge in [0.2, 0.25) is 0 Å². The third kappa shape index (κ3) is 14.9. The summed E-state index contributed by atoms with van der Waals surface area (Å²) in [4.78, 5) is 64.8. The first-order chi connectivity index (χ1) is 29.2. The number of methoxy groups -OCH3 is 1. The van der Waals surface area contributed by atoms with Gasteiger partial charge in [-0.25, -0.2) is 19.6 Å². The molecule has 15 nitrogen and oxygen atoms in total. The molecule has 2 aromatic carbocycles. The molecule has 6 aromatic rings. The number of anilines is 4. The van der Waals surface area contributed by atoms with Crippen LogP contribution in [0, 0.1) is 20.8 Å². The monoisotopic (exact) mass is 870 g/mol. The second-order valence-electron chi connectivity index (χ2n) is 13.5. The molecule has 0 aliphatic rings. The number of carboxylic acids is 1. The lowest BCUT2D eigenvalue weighted by atomic mass is 10.2. The lowest BCUT2D eigenvalue weighted by Gasteiger charge is -2.16. The summed E-state index contributed by atoms with van der Waals surface area (Å²) in [5.74, 6) is -1.35. The Morgan fingerprint density at radius 3 is 1.61 bits per heavy atom. The van der Waals surface area contributed by atoms with Crippen molar-refractivity contribution >= 4 is 68.3 Å². The molecule has 6 rings (SSSR count). The van der Waals surface area contributed by atoms with Crippen molar-refractivity contribution < 1.29 is 33.8 Å². The van der Waals surface area contributed by atoms with Gasteiger partial charge in [0.05, 0.1) is 37.2 Å². The molecule has 4 N–H and O–H groups in total. The van der Waals surface area contributed by atoms with Gasteiger partial charge < -0.3 is 39.8 Å². The Labute approximate surface area is 364 Å². The van der Waals surface area contributed by atoms with Crippen LogP contribution in [0.15, 0.2) is 83.8 Å². The number of carbonyl (C=O) groups is 3. The molecule has 0 radical (unpaired) electrons. The van der Waals surface area contributed by atoms with Gasteiger partial charge in [0.25, 0.3) is 5.91 Å². The summed E-state index contributed by atoms with van der Waals surface area (Å²) in [6.45, 7) is 19.2. The Balaban J connectivity index is 0.000000255. The highest BCUT2D eigenvalue weighted by atomic mass is 32.1. The van der Waals surface area contributed by atoms with E-state index in [0.29, 0.717) is 35.7 Å². The van der Waals surface area contributed by atoms with E-state index in [0.717, 1.165) is 64.6 Å². The molecule has 0 atom stereocenters. The summed E-state index contributed by atoms with van der Waals surface area (Å²) >= 11 is 3.25. The average Bonchev–Trinajstić information content (AvgIpc) is 4.06. The maximum Gasteiger partial charge on any atom is 0.373 e. The van der Waals surface area contributed by atoms with Gasteiger partial charge in [-0.15, -0.1) is 22.7 Å². The summed E-state index contributed by atoms with van der Waals surface area (Å²) < 4.78 is 8.20. The standard InChI is InChI=1S/C21H26N4OS.C14H19N3O2S.C8H9NO2.CO2/c1-5-24(6-2)21-23-18(14-27-21)13-25-12-16(4)11-19(25)20(26)22-17-9-7-15(3)8-10-17;1-4-16(5-2)14-15-11(9-20-14)8-17-7-10(3)6-12(17)13(18)19;1-11-8(10)6-2-4-7(9)5-3-6;2-1-3/h7-12,14H,5-6,13H2,1-4H3,(H,22,26);6-7,9H,4-5,8H2,1-3H3,(H,18,19);2-5H,9H2,1H3;.